The van der Waals surface area contributed by atoms with Gasteiger partial charge in [0.1, 0.15) is 0 Å². The maximum atomic E-state index is 3.54. The van der Waals surface area contributed by atoms with Crippen LogP contribution in [0.15, 0.2) is 0 Å². The third-order valence-corrected chi connectivity index (χ3v) is 4.22. The number of hydrogen-bond acceptors (Lipinski definition) is 3. The Hall–Kier alpha value is -0.120. The summed E-state index contributed by atoms with van der Waals surface area (Å²) in [7, 11) is 4.41. The lowest BCUT2D eigenvalue weighted by Gasteiger charge is -2.29. The van der Waals surface area contributed by atoms with Crippen molar-refractivity contribution in [1.82, 2.24) is 15.1 Å². The highest BCUT2D eigenvalue weighted by Crippen LogP contribution is 2.24. The predicted molar refractivity (Wildman–Crippen MR) is 64.1 cm³/mol. The van der Waals surface area contributed by atoms with Gasteiger partial charge in [-0.1, -0.05) is 13.3 Å². The van der Waals surface area contributed by atoms with E-state index in [2.05, 4.69) is 36.1 Å². The molecule has 0 bridgehead atoms. The van der Waals surface area contributed by atoms with Crippen molar-refractivity contribution in [2.75, 3.05) is 40.3 Å². The Morgan fingerprint density at radius 1 is 1.33 bits per heavy atom. The van der Waals surface area contributed by atoms with Gasteiger partial charge in [-0.05, 0) is 33.0 Å². The maximum absolute atomic E-state index is 3.54. The molecule has 2 heterocycles. The molecule has 0 radical (unpaired) electrons. The SMILES string of the molecule is CCC1CNCC1N1CCC(N(C)C)C1. The first-order chi connectivity index (χ1) is 7.22. The zero-order chi connectivity index (χ0) is 10.8. The molecule has 2 saturated heterocycles. The zero-order valence-corrected chi connectivity index (χ0v) is 10.4. The molecular formula is C12H25N3. The first kappa shape index (κ1) is 11.4. The Kier molecular flexibility index (Phi) is 3.65. The van der Waals surface area contributed by atoms with E-state index in [1.165, 1.54) is 39.0 Å². The van der Waals surface area contributed by atoms with Crippen molar-refractivity contribution in [2.45, 2.75) is 31.8 Å². The van der Waals surface area contributed by atoms with Gasteiger partial charge in [0.2, 0.25) is 0 Å². The van der Waals surface area contributed by atoms with Crippen LogP contribution >= 0.6 is 0 Å². The lowest BCUT2D eigenvalue weighted by Crippen LogP contribution is -2.41. The van der Waals surface area contributed by atoms with Gasteiger partial charge in [0, 0.05) is 31.7 Å². The lowest BCUT2D eigenvalue weighted by molar-refractivity contribution is 0.189. The largest absolute Gasteiger partial charge is 0.315 e. The van der Waals surface area contributed by atoms with Crippen molar-refractivity contribution in [3.63, 3.8) is 0 Å². The van der Waals surface area contributed by atoms with Crippen molar-refractivity contribution in [3.8, 4) is 0 Å². The van der Waals surface area contributed by atoms with Crippen molar-refractivity contribution in [1.29, 1.82) is 0 Å². The van der Waals surface area contributed by atoms with Crippen LogP contribution in [0.2, 0.25) is 0 Å². The molecule has 1 N–H and O–H groups in total. The summed E-state index contributed by atoms with van der Waals surface area (Å²) in [6, 6.07) is 1.59. The molecule has 2 rings (SSSR count). The fourth-order valence-electron chi connectivity index (χ4n) is 3.05. The fourth-order valence-corrected chi connectivity index (χ4v) is 3.05. The van der Waals surface area contributed by atoms with E-state index in [0.717, 1.165) is 18.0 Å². The highest BCUT2D eigenvalue weighted by molar-refractivity contribution is 4.93. The molecule has 0 aliphatic carbocycles. The Balaban J connectivity index is 1.89. The molecule has 2 aliphatic rings. The highest BCUT2D eigenvalue weighted by Gasteiger charge is 2.35. The minimum Gasteiger partial charge on any atom is -0.315 e. The summed E-state index contributed by atoms with van der Waals surface area (Å²) in [6.45, 7) is 7.33. The van der Waals surface area contributed by atoms with Crippen LogP contribution < -0.4 is 5.32 Å². The first-order valence-electron chi connectivity index (χ1n) is 6.33. The molecule has 3 atom stereocenters. The Labute approximate surface area is 93.8 Å². The fraction of sp³-hybridized carbons (Fsp3) is 1.00. The summed E-state index contributed by atoms with van der Waals surface area (Å²) in [5.74, 6) is 0.880. The average Bonchev–Trinajstić information content (AvgIpc) is 2.85. The van der Waals surface area contributed by atoms with E-state index in [4.69, 9.17) is 0 Å². The minimum absolute atomic E-state index is 0.781. The van der Waals surface area contributed by atoms with Gasteiger partial charge in [0.25, 0.3) is 0 Å². The van der Waals surface area contributed by atoms with Crippen LogP contribution in [0.1, 0.15) is 19.8 Å². The molecule has 2 fully saturated rings. The van der Waals surface area contributed by atoms with Gasteiger partial charge < -0.3 is 10.2 Å². The Morgan fingerprint density at radius 3 is 2.73 bits per heavy atom. The maximum Gasteiger partial charge on any atom is 0.0261 e. The third-order valence-electron chi connectivity index (χ3n) is 4.22. The van der Waals surface area contributed by atoms with Crippen molar-refractivity contribution in [2.24, 2.45) is 5.92 Å². The van der Waals surface area contributed by atoms with Crippen LogP contribution in [-0.4, -0.2) is 62.2 Å². The monoisotopic (exact) mass is 211 g/mol. The number of nitrogens with zero attached hydrogens (tertiary/aromatic N) is 2. The first-order valence-corrected chi connectivity index (χ1v) is 6.33. The van der Waals surface area contributed by atoms with Gasteiger partial charge in [-0.15, -0.1) is 0 Å². The van der Waals surface area contributed by atoms with E-state index in [0.29, 0.717) is 0 Å². The van der Waals surface area contributed by atoms with Gasteiger partial charge in [-0.3, -0.25) is 4.90 Å². The molecule has 0 amide bonds. The quantitative estimate of drug-likeness (QED) is 0.738. The lowest BCUT2D eigenvalue weighted by atomic mass is 10.00. The van der Waals surface area contributed by atoms with E-state index in [9.17, 15) is 0 Å². The van der Waals surface area contributed by atoms with Crippen LogP contribution in [0.5, 0.6) is 0 Å². The van der Waals surface area contributed by atoms with E-state index in [-0.39, 0.29) is 0 Å². The van der Waals surface area contributed by atoms with Crippen molar-refractivity contribution in [3.05, 3.63) is 0 Å². The highest BCUT2D eigenvalue weighted by atomic mass is 15.3. The van der Waals surface area contributed by atoms with Crippen molar-refractivity contribution >= 4 is 0 Å². The minimum atomic E-state index is 0.781. The summed E-state index contributed by atoms with van der Waals surface area (Å²) in [4.78, 5) is 5.09. The van der Waals surface area contributed by atoms with Gasteiger partial charge in [-0.2, -0.15) is 0 Å². The van der Waals surface area contributed by atoms with Gasteiger partial charge >= 0.3 is 0 Å². The third kappa shape index (κ3) is 2.35. The molecule has 15 heavy (non-hydrogen) atoms. The summed E-state index contributed by atoms with van der Waals surface area (Å²) in [5, 5.41) is 3.54. The summed E-state index contributed by atoms with van der Waals surface area (Å²) < 4.78 is 0. The molecule has 0 aromatic carbocycles. The summed E-state index contributed by atoms with van der Waals surface area (Å²) in [6.07, 6.45) is 2.67. The van der Waals surface area contributed by atoms with Crippen LogP contribution in [0, 0.1) is 5.92 Å². The van der Waals surface area contributed by atoms with Gasteiger partial charge in [0.05, 0.1) is 0 Å². The van der Waals surface area contributed by atoms with Crippen LogP contribution in [-0.2, 0) is 0 Å². The van der Waals surface area contributed by atoms with E-state index >= 15 is 0 Å². The van der Waals surface area contributed by atoms with Crippen LogP contribution in [0.3, 0.4) is 0 Å². The topological polar surface area (TPSA) is 18.5 Å². The van der Waals surface area contributed by atoms with Crippen molar-refractivity contribution < 1.29 is 0 Å². The summed E-state index contributed by atoms with van der Waals surface area (Å²) in [5.41, 5.74) is 0. The van der Waals surface area contributed by atoms with E-state index < -0.39 is 0 Å². The molecule has 2 aliphatic heterocycles. The van der Waals surface area contributed by atoms with E-state index in [1.807, 2.05) is 0 Å². The Bertz CT molecular complexity index is 205. The van der Waals surface area contributed by atoms with Crippen LogP contribution in [0.25, 0.3) is 0 Å². The second kappa shape index (κ2) is 4.81. The van der Waals surface area contributed by atoms with Gasteiger partial charge in [-0.25, -0.2) is 0 Å². The normalized spacial score (nSPS) is 38.0. The second-order valence-electron chi connectivity index (χ2n) is 5.29. The smallest absolute Gasteiger partial charge is 0.0261 e. The molecule has 0 aromatic rings. The number of likely N-dealkylation sites (tertiary alicyclic amines) is 1. The number of hydrogen-bond donors (Lipinski definition) is 1. The van der Waals surface area contributed by atoms with Gasteiger partial charge in [0.15, 0.2) is 0 Å². The Morgan fingerprint density at radius 2 is 2.13 bits per heavy atom. The standard InChI is InChI=1S/C12H25N3/c1-4-10-7-13-8-12(10)15-6-5-11(9-15)14(2)3/h10-13H,4-9H2,1-3H3. The second-order valence-corrected chi connectivity index (χ2v) is 5.29. The number of rotatable bonds is 3. The molecule has 0 spiro atoms. The molecular weight excluding hydrogens is 186 g/mol. The average molecular weight is 211 g/mol. The number of nitrogens with one attached hydrogen (secondary N) is 1. The van der Waals surface area contributed by atoms with E-state index in [1.54, 1.807) is 0 Å². The molecule has 3 heteroatoms. The molecule has 88 valence electrons. The molecule has 0 aromatic heterocycles. The molecule has 3 nitrogen and oxygen atoms in total. The zero-order valence-electron chi connectivity index (χ0n) is 10.4. The number of likely N-dealkylation sites (N-methyl/N-ethyl adjacent to an activating group) is 1. The van der Waals surface area contributed by atoms with Crippen LogP contribution in [0.4, 0.5) is 0 Å². The summed E-state index contributed by atoms with van der Waals surface area (Å²) >= 11 is 0. The molecule has 3 unspecified atom stereocenters. The molecule has 0 saturated carbocycles. The predicted octanol–water partition coefficient (Wildman–Crippen LogP) is 0.620.